The highest BCUT2D eigenvalue weighted by Crippen LogP contribution is 2.24. The number of aromatic amines is 1. The van der Waals surface area contributed by atoms with Crippen molar-refractivity contribution in [1.82, 2.24) is 4.98 Å². The van der Waals surface area contributed by atoms with Crippen LogP contribution in [0.2, 0.25) is 0 Å². The molecule has 0 aliphatic heterocycles. The van der Waals surface area contributed by atoms with Crippen LogP contribution >= 0.6 is 0 Å². The Morgan fingerprint density at radius 3 is 2.80 bits per heavy atom. The molecule has 0 saturated carbocycles. The van der Waals surface area contributed by atoms with Crippen molar-refractivity contribution in [2.45, 2.75) is 19.3 Å². The van der Waals surface area contributed by atoms with Crippen LogP contribution in [0.25, 0.3) is 10.9 Å². The lowest BCUT2D eigenvalue weighted by molar-refractivity contribution is -0.136. The average molecular weight is 272 g/mol. The van der Waals surface area contributed by atoms with E-state index in [-0.39, 0.29) is 18.6 Å². The Hall–Kier alpha value is -2.72. The summed E-state index contributed by atoms with van der Waals surface area (Å²) in [5, 5.41) is 9.87. The van der Waals surface area contributed by atoms with Gasteiger partial charge in [0.1, 0.15) is 0 Å². The maximum absolute atomic E-state index is 11.4. The van der Waals surface area contributed by atoms with Gasteiger partial charge in [-0.25, -0.2) is 0 Å². The molecule has 0 spiro atoms. The summed E-state index contributed by atoms with van der Waals surface area (Å²) in [6.07, 6.45) is 1.48. The molecule has 2 rings (SSSR count). The maximum atomic E-state index is 11.4. The van der Waals surface area contributed by atoms with E-state index in [1.54, 1.807) is 0 Å². The Morgan fingerprint density at radius 2 is 2.10 bits per heavy atom. The molecule has 102 valence electrons. The lowest BCUT2D eigenvalue weighted by atomic mass is 10.0. The number of carbonyl (C=O) groups is 2. The molecule has 0 radical (unpaired) electrons. The Labute approximate surface area is 114 Å². The number of hydrogen-bond acceptors (Lipinski definition) is 3. The van der Waals surface area contributed by atoms with Gasteiger partial charge in [0.2, 0.25) is 5.78 Å². The van der Waals surface area contributed by atoms with Crippen LogP contribution in [0.4, 0.5) is 0 Å². The number of carbonyl (C=O) groups excluding carboxylic acids is 1. The van der Waals surface area contributed by atoms with Crippen molar-refractivity contribution >= 4 is 28.9 Å². The minimum Gasteiger partial charge on any atom is -0.481 e. The summed E-state index contributed by atoms with van der Waals surface area (Å²) in [6, 6.07) is 7.45. The normalized spacial score (nSPS) is 10.2. The van der Waals surface area contributed by atoms with Gasteiger partial charge in [-0.05, 0) is 18.1 Å². The first-order valence-electron chi connectivity index (χ1n) is 6.14. The standard InChI is InChI=1S/C14H13N3O3/c15-16-8-9(18)5-6-13-11(7-14(19)20)10-3-1-2-4-12(10)17-13/h1-4,8,15,17H,5-7H2/p+1. The van der Waals surface area contributed by atoms with E-state index in [0.717, 1.165) is 22.8 Å². The predicted molar refractivity (Wildman–Crippen MR) is 72.0 cm³/mol. The fourth-order valence-electron chi connectivity index (χ4n) is 2.21. The average Bonchev–Trinajstić information content (AvgIpc) is 2.75. The van der Waals surface area contributed by atoms with Crippen LogP contribution in [0.15, 0.2) is 24.3 Å². The molecule has 20 heavy (non-hydrogen) atoms. The summed E-state index contributed by atoms with van der Waals surface area (Å²) >= 11 is 0. The molecule has 1 aromatic carbocycles. The van der Waals surface area contributed by atoms with Crippen LogP contribution in [0.5, 0.6) is 0 Å². The number of nitrogens with zero attached hydrogens (tertiary/aromatic N) is 1. The number of nitrogens with one attached hydrogen (secondary N) is 2. The Bertz CT molecular complexity index is 712. The number of para-hydroxylation sites is 1. The Balaban J connectivity index is 2.33. The monoisotopic (exact) mass is 272 g/mol. The van der Waals surface area contributed by atoms with Gasteiger partial charge in [0.25, 0.3) is 0 Å². The molecule has 0 fully saturated rings. The molecule has 2 aromatic rings. The van der Waals surface area contributed by atoms with Crippen LogP contribution in [0.3, 0.4) is 0 Å². The molecule has 0 unspecified atom stereocenters. The van der Waals surface area contributed by atoms with E-state index in [1.165, 1.54) is 0 Å². The van der Waals surface area contributed by atoms with Crippen LogP contribution < -0.4 is 0 Å². The van der Waals surface area contributed by atoms with Crippen LogP contribution in [-0.2, 0) is 22.4 Å². The number of H-pyrrole nitrogens is 1. The molecule has 0 atom stereocenters. The van der Waals surface area contributed by atoms with E-state index < -0.39 is 5.97 Å². The van der Waals surface area contributed by atoms with Gasteiger partial charge in [-0.15, -0.1) is 0 Å². The topological polar surface area (TPSA) is 108 Å². The first-order valence-corrected chi connectivity index (χ1v) is 6.14. The van der Waals surface area contributed by atoms with Crippen molar-refractivity contribution in [3.05, 3.63) is 35.5 Å². The third-order valence-electron chi connectivity index (χ3n) is 3.06. The number of carboxylic acids is 1. The number of hydrogen-bond donors (Lipinski definition) is 3. The van der Waals surface area contributed by atoms with Crippen LogP contribution in [0, 0.1) is 5.53 Å². The number of aromatic nitrogens is 1. The summed E-state index contributed by atoms with van der Waals surface area (Å²) in [7, 11) is 0. The van der Waals surface area contributed by atoms with Crippen molar-refractivity contribution in [3.8, 4) is 0 Å². The first-order chi connectivity index (χ1) is 9.61. The molecule has 1 heterocycles. The van der Waals surface area contributed by atoms with E-state index in [2.05, 4.69) is 9.77 Å². The molecule has 6 nitrogen and oxygen atoms in total. The lowest BCUT2D eigenvalue weighted by Gasteiger charge is -2.00. The highest BCUT2D eigenvalue weighted by molar-refractivity contribution is 6.25. The highest BCUT2D eigenvalue weighted by atomic mass is 16.4. The zero-order valence-corrected chi connectivity index (χ0v) is 10.7. The molecular weight excluding hydrogens is 258 g/mol. The van der Waals surface area contributed by atoms with E-state index in [4.69, 9.17) is 10.6 Å². The second-order valence-electron chi connectivity index (χ2n) is 4.42. The fraction of sp³-hybridized carbons (Fsp3) is 0.214. The van der Waals surface area contributed by atoms with Gasteiger partial charge in [0, 0.05) is 23.0 Å². The number of carboxylic acid groups (broad SMARTS) is 1. The minimum atomic E-state index is -0.907. The van der Waals surface area contributed by atoms with Gasteiger partial charge in [-0.1, -0.05) is 18.2 Å². The molecule has 0 bridgehead atoms. The summed E-state index contributed by atoms with van der Waals surface area (Å²) in [6.45, 7) is 0. The van der Waals surface area contributed by atoms with E-state index >= 15 is 0 Å². The van der Waals surface area contributed by atoms with Gasteiger partial charge in [0.15, 0.2) is 0 Å². The number of benzene rings is 1. The predicted octanol–water partition coefficient (Wildman–Crippen LogP) is 1.61. The molecule has 3 N–H and O–H groups in total. The molecule has 0 saturated heterocycles. The molecular formula is C14H14N3O3+. The number of rotatable bonds is 6. The van der Waals surface area contributed by atoms with Gasteiger partial charge in [0.05, 0.1) is 16.7 Å². The lowest BCUT2D eigenvalue weighted by Crippen LogP contribution is -2.06. The third kappa shape index (κ3) is 2.99. The number of fused-ring (bicyclic) bond motifs is 1. The zero-order valence-electron chi connectivity index (χ0n) is 10.7. The molecule has 1 aromatic heterocycles. The quantitative estimate of drug-likeness (QED) is 0.422. The number of Topliss-reactive ketones (excluding diaryl/α,β-unsaturated/α-hetero) is 1. The molecule has 0 aliphatic rings. The SMILES string of the molecule is N=[N+]=CC(=O)CCc1[nH]c2ccccc2c1CC(=O)O. The molecule has 6 heteroatoms. The zero-order chi connectivity index (χ0) is 14.5. The van der Waals surface area contributed by atoms with Gasteiger partial charge in [-0.2, -0.15) is 0 Å². The van der Waals surface area contributed by atoms with Crippen LogP contribution in [0.1, 0.15) is 17.7 Å². The highest BCUT2D eigenvalue weighted by Gasteiger charge is 2.15. The molecule has 0 amide bonds. The number of aryl methyl sites for hydroxylation is 1. The molecule has 0 aliphatic carbocycles. The van der Waals surface area contributed by atoms with E-state index in [1.807, 2.05) is 24.3 Å². The van der Waals surface area contributed by atoms with Crippen molar-refractivity contribution in [3.63, 3.8) is 0 Å². The fourth-order valence-corrected chi connectivity index (χ4v) is 2.21. The van der Waals surface area contributed by atoms with Crippen molar-refractivity contribution in [2.75, 3.05) is 0 Å². The van der Waals surface area contributed by atoms with Crippen LogP contribution in [-0.4, -0.2) is 32.8 Å². The second kappa shape index (κ2) is 5.95. The summed E-state index contributed by atoms with van der Waals surface area (Å²) < 4.78 is 0. The van der Waals surface area contributed by atoms with Gasteiger partial charge in [-0.3, -0.25) is 9.59 Å². The summed E-state index contributed by atoms with van der Waals surface area (Å²) in [5.74, 6) is -1.16. The van der Waals surface area contributed by atoms with Crippen molar-refractivity contribution < 1.29 is 19.5 Å². The van der Waals surface area contributed by atoms with Gasteiger partial charge < -0.3 is 10.1 Å². The maximum Gasteiger partial charge on any atom is 0.372 e. The number of ketones is 1. The van der Waals surface area contributed by atoms with E-state index in [0.29, 0.717) is 12.0 Å². The largest absolute Gasteiger partial charge is 0.481 e. The summed E-state index contributed by atoms with van der Waals surface area (Å²) in [5.41, 5.74) is 8.93. The Morgan fingerprint density at radius 1 is 1.35 bits per heavy atom. The first kappa shape index (κ1) is 13.7. The summed E-state index contributed by atoms with van der Waals surface area (Å²) in [4.78, 5) is 28.4. The van der Waals surface area contributed by atoms with E-state index in [9.17, 15) is 9.59 Å². The number of aliphatic carboxylic acids is 1. The van der Waals surface area contributed by atoms with Gasteiger partial charge >= 0.3 is 12.2 Å². The second-order valence-corrected chi connectivity index (χ2v) is 4.42. The smallest absolute Gasteiger partial charge is 0.372 e. The Kier molecular flexibility index (Phi) is 4.08. The minimum absolute atomic E-state index is 0.0833. The third-order valence-corrected chi connectivity index (χ3v) is 3.06. The van der Waals surface area contributed by atoms with Crippen molar-refractivity contribution in [2.24, 2.45) is 0 Å². The van der Waals surface area contributed by atoms with Crippen molar-refractivity contribution in [1.29, 1.82) is 5.53 Å².